The van der Waals surface area contributed by atoms with Crippen molar-refractivity contribution in [2.45, 2.75) is 40.0 Å². The van der Waals surface area contributed by atoms with Gasteiger partial charge in [0.1, 0.15) is 5.65 Å². The van der Waals surface area contributed by atoms with Gasteiger partial charge in [-0.1, -0.05) is 40.7 Å². The van der Waals surface area contributed by atoms with Gasteiger partial charge in [-0.05, 0) is 12.1 Å². The van der Waals surface area contributed by atoms with Crippen LogP contribution in [0.3, 0.4) is 0 Å². The molecular weight excluding hydrogens is 184 g/mol. The van der Waals surface area contributed by atoms with Gasteiger partial charge in [0, 0.05) is 23.5 Å². The second-order valence-electron chi connectivity index (χ2n) is 4.32. The van der Waals surface area contributed by atoms with Crippen LogP contribution < -0.4 is 0 Å². The number of rotatable bonds is 0. The molecule has 2 heterocycles. The zero-order valence-electron chi connectivity index (χ0n) is 10.3. The van der Waals surface area contributed by atoms with Crippen LogP contribution in [0.15, 0.2) is 30.6 Å². The molecule has 0 unspecified atom stereocenters. The molecule has 2 aromatic rings. The Kier molecular flexibility index (Phi) is 3.51. The summed E-state index contributed by atoms with van der Waals surface area (Å²) in [6.45, 7) is 10.6. The summed E-state index contributed by atoms with van der Waals surface area (Å²) in [5, 5.41) is 0. The van der Waals surface area contributed by atoms with Crippen molar-refractivity contribution in [2.75, 3.05) is 0 Å². The monoisotopic (exact) mass is 204 g/mol. The quantitative estimate of drug-likeness (QED) is 0.640. The second-order valence-corrected chi connectivity index (χ2v) is 4.32. The highest BCUT2D eigenvalue weighted by Gasteiger charge is 2.17. The summed E-state index contributed by atoms with van der Waals surface area (Å²) < 4.78 is 2.14. The fourth-order valence-corrected chi connectivity index (χ4v) is 1.49. The smallest absolute Gasteiger partial charge is 0.136 e. The molecule has 0 atom stereocenters. The SMILES string of the molecule is CC.CC(C)(C)c1cnc2ccccn12. The van der Waals surface area contributed by atoms with Crippen LogP contribution in [0.1, 0.15) is 40.3 Å². The molecule has 0 bridgehead atoms. The number of fused-ring (bicyclic) bond motifs is 1. The van der Waals surface area contributed by atoms with E-state index < -0.39 is 0 Å². The molecule has 0 aliphatic rings. The molecule has 0 aromatic carbocycles. The third-order valence-electron chi connectivity index (χ3n) is 2.19. The molecule has 0 saturated heterocycles. The number of nitrogens with zero attached hydrogens (tertiary/aromatic N) is 2. The molecule has 0 aliphatic heterocycles. The van der Waals surface area contributed by atoms with Gasteiger partial charge in [-0.2, -0.15) is 0 Å². The van der Waals surface area contributed by atoms with Gasteiger partial charge in [0.05, 0.1) is 0 Å². The molecule has 0 spiro atoms. The Bertz CT molecular complexity index is 421. The molecule has 0 aliphatic carbocycles. The van der Waals surface area contributed by atoms with E-state index in [2.05, 4.69) is 36.4 Å². The van der Waals surface area contributed by atoms with E-state index in [9.17, 15) is 0 Å². The minimum absolute atomic E-state index is 0.154. The molecule has 0 N–H and O–H groups in total. The summed E-state index contributed by atoms with van der Waals surface area (Å²) in [4.78, 5) is 4.35. The van der Waals surface area contributed by atoms with E-state index in [0.29, 0.717) is 0 Å². The van der Waals surface area contributed by atoms with E-state index in [0.717, 1.165) is 5.65 Å². The van der Waals surface area contributed by atoms with Crippen molar-refractivity contribution in [1.82, 2.24) is 9.38 Å². The van der Waals surface area contributed by atoms with Crippen LogP contribution >= 0.6 is 0 Å². The summed E-state index contributed by atoms with van der Waals surface area (Å²) in [6, 6.07) is 6.06. The third kappa shape index (κ3) is 2.38. The van der Waals surface area contributed by atoms with Crippen LogP contribution in [-0.2, 0) is 5.41 Å². The van der Waals surface area contributed by atoms with Crippen LogP contribution in [0.25, 0.3) is 5.65 Å². The average Bonchev–Trinajstić information content (AvgIpc) is 2.63. The lowest BCUT2D eigenvalue weighted by Gasteiger charge is -2.17. The van der Waals surface area contributed by atoms with E-state index in [1.54, 1.807) is 0 Å². The van der Waals surface area contributed by atoms with Crippen molar-refractivity contribution in [3.63, 3.8) is 0 Å². The average molecular weight is 204 g/mol. The molecular formula is C13H20N2. The lowest BCUT2D eigenvalue weighted by atomic mass is 9.93. The summed E-state index contributed by atoms with van der Waals surface area (Å²) in [5.41, 5.74) is 2.43. The Morgan fingerprint density at radius 1 is 1.13 bits per heavy atom. The van der Waals surface area contributed by atoms with Crippen molar-refractivity contribution in [3.05, 3.63) is 36.3 Å². The predicted molar refractivity (Wildman–Crippen MR) is 65.2 cm³/mol. The normalized spacial score (nSPS) is 11.0. The zero-order chi connectivity index (χ0) is 11.5. The van der Waals surface area contributed by atoms with Crippen molar-refractivity contribution in [1.29, 1.82) is 0 Å². The number of aromatic nitrogens is 2. The molecule has 0 saturated carbocycles. The zero-order valence-corrected chi connectivity index (χ0v) is 10.3. The fraction of sp³-hybridized carbons (Fsp3) is 0.462. The van der Waals surface area contributed by atoms with E-state index in [1.807, 2.05) is 38.2 Å². The van der Waals surface area contributed by atoms with Gasteiger partial charge in [0.15, 0.2) is 0 Å². The van der Waals surface area contributed by atoms with Crippen molar-refractivity contribution < 1.29 is 0 Å². The van der Waals surface area contributed by atoms with Crippen molar-refractivity contribution in [2.24, 2.45) is 0 Å². The first-order valence-electron chi connectivity index (χ1n) is 5.51. The molecule has 2 heteroatoms. The molecule has 0 amide bonds. The fourth-order valence-electron chi connectivity index (χ4n) is 1.49. The Morgan fingerprint density at radius 3 is 2.40 bits per heavy atom. The number of imidazole rings is 1. The Morgan fingerprint density at radius 2 is 1.80 bits per heavy atom. The molecule has 0 fully saturated rings. The Hall–Kier alpha value is -1.31. The van der Waals surface area contributed by atoms with E-state index >= 15 is 0 Å². The highest BCUT2D eigenvalue weighted by atomic mass is 15.0. The second kappa shape index (κ2) is 4.47. The molecule has 15 heavy (non-hydrogen) atoms. The van der Waals surface area contributed by atoms with Crippen LogP contribution in [-0.4, -0.2) is 9.38 Å². The predicted octanol–water partition coefficient (Wildman–Crippen LogP) is 3.66. The standard InChI is InChI=1S/C11H14N2.C2H6/c1-11(2,3)9-8-12-10-6-4-5-7-13(9)10;1-2/h4-8H,1-3H3;1-2H3. The summed E-state index contributed by atoms with van der Waals surface area (Å²) >= 11 is 0. The Labute approximate surface area is 92.0 Å². The van der Waals surface area contributed by atoms with Gasteiger partial charge in [-0.15, -0.1) is 0 Å². The first kappa shape index (κ1) is 11.8. The third-order valence-corrected chi connectivity index (χ3v) is 2.19. The lowest BCUT2D eigenvalue weighted by Crippen LogP contribution is -2.13. The van der Waals surface area contributed by atoms with Gasteiger partial charge >= 0.3 is 0 Å². The van der Waals surface area contributed by atoms with Crippen molar-refractivity contribution >= 4 is 5.65 Å². The maximum Gasteiger partial charge on any atom is 0.136 e. The topological polar surface area (TPSA) is 17.3 Å². The summed E-state index contributed by atoms with van der Waals surface area (Å²) in [7, 11) is 0. The van der Waals surface area contributed by atoms with Crippen LogP contribution in [0.2, 0.25) is 0 Å². The van der Waals surface area contributed by atoms with Gasteiger partial charge < -0.3 is 4.40 Å². The highest BCUT2D eigenvalue weighted by molar-refractivity contribution is 5.41. The first-order chi connectivity index (χ1) is 7.09. The molecule has 82 valence electrons. The summed E-state index contributed by atoms with van der Waals surface area (Å²) in [5.74, 6) is 0. The molecule has 2 aromatic heterocycles. The van der Waals surface area contributed by atoms with Gasteiger partial charge in [-0.3, -0.25) is 0 Å². The molecule has 2 rings (SSSR count). The summed E-state index contributed by atoms with van der Waals surface area (Å²) in [6.07, 6.45) is 4.01. The number of pyridine rings is 1. The van der Waals surface area contributed by atoms with E-state index in [4.69, 9.17) is 0 Å². The molecule has 0 radical (unpaired) electrons. The van der Waals surface area contributed by atoms with E-state index in [-0.39, 0.29) is 5.41 Å². The maximum atomic E-state index is 4.35. The van der Waals surface area contributed by atoms with Gasteiger partial charge in [-0.25, -0.2) is 4.98 Å². The van der Waals surface area contributed by atoms with Gasteiger partial charge in [0.2, 0.25) is 0 Å². The maximum absolute atomic E-state index is 4.35. The number of hydrogen-bond donors (Lipinski definition) is 0. The minimum atomic E-state index is 0.154. The van der Waals surface area contributed by atoms with Crippen LogP contribution in [0.4, 0.5) is 0 Å². The first-order valence-corrected chi connectivity index (χ1v) is 5.51. The Balaban J connectivity index is 0.000000531. The number of hydrogen-bond acceptors (Lipinski definition) is 1. The van der Waals surface area contributed by atoms with Crippen LogP contribution in [0.5, 0.6) is 0 Å². The van der Waals surface area contributed by atoms with Gasteiger partial charge in [0.25, 0.3) is 0 Å². The highest BCUT2D eigenvalue weighted by Crippen LogP contribution is 2.22. The minimum Gasteiger partial charge on any atom is -0.304 e. The largest absolute Gasteiger partial charge is 0.304 e. The lowest BCUT2D eigenvalue weighted by molar-refractivity contribution is 0.563. The molecule has 2 nitrogen and oxygen atoms in total. The van der Waals surface area contributed by atoms with E-state index in [1.165, 1.54) is 5.69 Å². The van der Waals surface area contributed by atoms with Crippen molar-refractivity contribution in [3.8, 4) is 0 Å². The van der Waals surface area contributed by atoms with Crippen LogP contribution in [0, 0.1) is 0 Å².